The van der Waals surface area contributed by atoms with E-state index in [2.05, 4.69) is 12.2 Å². The van der Waals surface area contributed by atoms with Crippen LogP contribution in [-0.4, -0.2) is 29.8 Å². The molecule has 1 saturated heterocycles. The van der Waals surface area contributed by atoms with Crippen LogP contribution in [-0.2, 0) is 6.54 Å². The Morgan fingerprint density at radius 1 is 1.27 bits per heavy atom. The summed E-state index contributed by atoms with van der Waals surface area (Å²) in [6.45, 7) is 3.94. The molecule has 1 aliphatic rings. The SMILES string of the molecule is CC1CCN(C(=O)c2ccccc2NC(=O)c2coc(CN)c2)CC1.Cl. The van der Waals surface area contributed by atoms with Crippen molar-refractivity contribution in [1.29, 1.82) is 0 Å². The van der Waals surface area contributed by atoms with Crippen LogP contribution in [0.2, 0.25) is 0 Å². The van der Waals surface area contributed by atoms with E-state index in [1.807, 2.05) is 4.90 Å². The number of likely N-dealkylation sites (tertiary alicyclic amines) is 1. The van der Waals surface area contributed by atoms with Crippen molar-refractivity contribution in [2.45, 2.75) is 26.3 Å². The predicted octanol–water partition coefficient (Wildman–Crippen LogP) is 3.28. The first-order valence-electron chi connectivity index (χ1n) is 8.55. The van der Waals surface area contributed by atoms with E-state index in [1.54, 1.807) is 30.3 Å². The number of nitrogens with one attached hydrogen (secondary N) is 1. The highest BCUT2D eigenvalue weighted by Gasteiger charge is 2.24. The number of amides is 2. The number of furan rings is 1. The fourth-order valence-electron chi connectivity index (χ4n) is 2.96. The van der Waals surface area contributed by atoms with Gasteiger partial charge in [0, 0.05) is 13.1 Å². The topological polar surface area (TPSA) is 88.6 Å². The van der Waals surface area contributed by atoms with Crippen LogP contribution in [0, 0.1) is 5.92 Å². The summed E-state index contributed by atoms with van der Waals surface area (Å²) >= 11 is 0. The van der Waals surface area contributed by atoms with E-state index in [1.165, 1.54) is 6.26 Å². The summed E-state index contributed by atoms with van der Waals surface area (Å²) in [7, 11) is 0. The summed E-state index contributed by atoms with van der Waals surface area (Å²) in [5, 5.41) is 2.81. The lowest BCUT2D eigenvalue weighted by Crippen LogP contribution is -2.38. The number of carbonyl (C=O) groups is 2. The number of piperidine rings is 1. The summed E-state index contributed by atoms with van der Waals surface area (Å²) in [5.74, 6) is 0.822. The fourth-order valence-corrected chi connectivity index (χ4v) is 2.96. The molecule has 1 aromatic carbocycles. The number of para-hydroxylation sites is 1. The number of carbonyl (C=O) groups excluding carboxylic acids is 2. The summed E-state index contributed by atoms with van der Waals surface area (Å²) in [5.41, 5.74) is 6.89. The molecule has 1 aliphatic heterocycles. The second-order valence-electron chi connectivity index (χ2n) is 6.48. The van der Waals surface area contributed by atoms with Gasteiger partial charge in [-0.15, -0.1) is 12.4 Å². The zero-order chi connectivity index (χ0) is 17.8. The van der Waals surface area contributed by atoms with Crippen LogP contribution < -0.4 is 11.1 Å². The van der Waals surface area contributed by atoms with Crippen molar-refractivity contribution < 1.29 is 14.0 Å². The number of halogens is 1. The number of anilines is 1. The molecule has 2 heterocycles. The molecular formula is C19H24ClN3O3. The van der Waals surface area contributed by atoms with Crippen molar-refractivity contribution in [3.05, 3.63) is 53.5 Å². The molecule has 3 rings (SSSR count). The molecule has 1 fully saturated rings. The Morgan fingerprint density at radius 2 is 1.96 bits per heavy atom. The Hall–Kier alpha value is -2.31. The normalized spacial score (nSPS) is 14.6. The molecule has 0 bridgehead atoms. The van der Waals surface area contributed by atoms with E-state index in [9.17, 15) is 9.59 Å². The number of nitrogens with two attached hydrogens (primary N) is 1. The van der Waals surface area contributed by atoms with Crippen LogP contribution in [0.25, 0.3) is 0 Å². The highest BCUT2D eigenvalue weighted by molar-refractivity contribution is 6.08. The lowest BCUT2D eigenvalue weighted by molar-refractivity contribution is 0.0698. The number of rotatable bonds is 4. The first-order valence-corrected chi connectivity index (χ1v) is 8.55. The van der Waals surface area contributed by atoms with Gasteiger partial charge < -0.3 is 20.4 Å². The predicted molar refractivity (Wildman–Crippen MR) is 103 cm³/mol. The number of hydrogen-bond donors (Lipinski definition) is 2. The Balaban J connectivity index is 0.00000243. The van der Waals surface area contributed by atoms with Gasteiger partial charge in [0.15, 0.2) is 0 Å². The molecule has 0 saturated carbocycles. The summed E-state index contributed by atoms with van der Waals surface area (Å²) in [4.78, 5) is 27.1. The van der Waals surface area contributed by atoms with Crippen LogP contribution in [0.15, 0.2) is 41.0 Å². The fraction of sp³-hybridized carbons (Fsp3) is 0.368. The molecular weight excluding hydrogens is 354 g/mol. The first-order chi connectivity index (χ1) is 12.1. The molecule has 6 nitrogen and oxygen atoms in total. The van der Waals surface area contributed by atoms with Crippen molar-refractivity contribution in [3.63, 3.8) is 0 Å². The summed E-state index contributed by atoms with van der Waals surface area (Å²) in [6.07, 6.45) is 3.39. The molecule has 2 amide bonds. The van der Waals surface area contributed by atoms with Crippen molar-refractivity contribution in [1.82, 2.24) is 4.90 Å². The van der Waals surface area contributed by atoms with E-state index in [0.717, 1.165) is 25.9 Å². The van der Waals surface area contributed by atoms with Crippen LogP contribution in [0.4, 0.5) is 5.69 Å². The van der Waals surface area contributed by atoms with E-state index in [-0.39, 0.29) is 30.8 Å². The average Bonchev–Trinajstić information content (AvgIpc) is 3.12. The highest BCUT2D eigenvalue weighted by atomic mass is 35.5. The largest absolute Gasteiger partial charge is 0.467 e. The Kier molecular flexibility index (Phi) is 6.83. The van der Waals surface area contributed by atoms with Crippen molar-refractivity contribution >= 4 is 29.9 Å². The summed E-state index contributed by atoms with van der Waals surface area (Å²) < 4.78 is 5.19. The number of hydrogen-bond acceptors (Lipinski definition) is 4. The molecule has 0 atom stereocenters. The second kappa shape index (κ2) is 8.87. The van der Waals surface area contributed by atoms with Gasteiger partial charge in [-0.3, -0.25) is 9.59 Å². The van der Waals surface area contributed by atoms with Crippen LogP contribution in [0.5, 0.6) is 0 Å². The van der Waals surface area contributed by atoms with E-state index < -0.39 is 0 Å². The first kappa shape index (κ1) is 20.0. The molecule has 2 aromatic rings. The third-order valence-electron chi connectivity index (χ3n) is 4.59. The Labute approximate surface area is 159 Å². The van der Waals surface area contributed by atoms with Gasteiger partial charge in [-0.25, -0.2) is 0 Å². The maximum atomic E-state index is 12.8. The molecule has 140 valence electrons. The molecule has 0 radical (unpaired) electrons. The number of nitrogens with zero attached hydrogens (tertiary/aromatic N) is 1. The molecule has 26 heavy (non-hydrogen) atoms. The lowest BCUT2D eigenvalue weighted by atomic mass is 9.98. The van der Waals surface area contributed by atoms with E-state index >= 15 is 0 Å². The summed E-state index contributed by atoms with van der Waals surface area (Å²) in [6, 6.07) is 8.69. The van der Waals surface area contributed by atoms with Crippen molar-refractivity contribution in [2.24, 2.45) is 11.7 Å². The van der Waals surface area contributed by atoms with Gasteiger partial charge in [0.05, 0.1) is 23.4 Å². The smallest absolute Gasteiger partial charge is 0.258 e. The molecule has 0 aliphatic carbocycles. The van der Waals surface area contributed by atoms with Gasteiger partial charge in [-0.1, -0.05) is 19.1 Å². The van der Waals surface area contributed by atoms with E-state index in [4.69, 9.17) is 10.2 Å². The van der Waals surface area contributed by atoms with Crippen LogP contribution in [0.1, 0.15) is 46.2 Å². The minimum Gasteiger partial charge on any atom is -0.467 e. The monoisotopic (exact) mass is 377 g/mol. The van der Waals surface area contributed by atoms with Crippen LogP contribution >= 0.6 is 12.4 Å². The van der Waals surface area contributed by atoms with Gasteiger partial charge >= 0.3 is 0 Å². The highest BCUT2D eigenvalue weighted by Crippen LogP contribution is 2.23. The van der Waals surface area contributed by atoms with Gasteiger partial charge in [-0.05, 0) is 37.0 Å². The Bertz CT molecular complexity index is 767. The maximum Gasteiger partial charge on any atom is 0.258 e. The van der Waals surface area contributed by atoms with Crippen LogP contribution in [0.3, 0.4) is 0 Å². The van der Waals surface area contributed by atoms with E-state index in [0.29, 0.717) is 28.5 Å². The Morgan fingerprint density at radius 3 is 2.62 bits per heavy atom. The minimum atomic E-state index is -0.323. The molecule has 1 aromatic heterocycles. The van der Waals surface area contributed by atoms with Gasteiger partial charge in [0.25, 0.3) is 11.8 Å². The molecule has 7 heteroatoms. The average molecular weight is 378 g/mol. The van der Waals surface area contributed by atoms with Crippen molar-refractivity contribution in [2.75, 3.05) is 18.4 Å². The molecule has 3 N–H and O–H groups in total. The third-order valence-corrected chi connectivity index (χ3v) is 4.59. The third kappa shape index (κ3) is 4.45. The standard InChI is InChI=1S/C19H23N3O3.ClH/c1-13-6-8-22(9-7-13)19(24)16-4-2-3-5-17(16)21-18(23)14-10-15(11-20)25-12-14;/h2-5,10,12-13H,6-9,11,20H2,1H3,(H,21,23);1H. The zero-order valence-corrected chi connectivity index (χ0v) is 15.6. The zero-order valence-electron chi connectivity index (χ0n) is 14.7. The minimum absolute atomic E-state index is 0. The van der Waals surface area contributed by atoms with Gasteiger partial charge in [0.2, 0.25) is 0 Å². The maximum absolute atomic E-state index is 12.8. The molecule has 0 unspecified atom stereocenters. The quantitative estimate of drug-likeness (QED) is 0.855. The molecule has 0 spiro atoms. The van der Waals surface area contributed by atoms with Gasteiger partial charge in [-0.2, -0.15) is 0 Å². The number of benzene rings is 1. The second-order valence-corrected chi connectivity index (χ2v) is 6.48. The van der Waals surface area contributed by atoms with Crippen molar-refractivity contribution in [3.8, 4) is 0 Å². The van der Waals surface area contributed by atoms with Gasteiger partial charge in [0.1, 0.15) is 12.0 Å². The lowest BCUT2D eigenvalue weighted by Gasteiger charge is -2.30.